The zero-order valence-electron chi connectivity index (χ0n) is 11.8. The summed E-state index contributed by atoms with van der Waals surface area (Å²) >= 11 is 0. The van der Waals surface area contributed by atoms with Gasteiger partial charge in [0.1, 0.15) is 11.8 Å². The van der Waals surface area contributed by atoms with Crippen molar-refractivity contribution in [3.05, 3.63) is 0 Å². The molecule has 112 valence electrons. The van der Waals surface area contributed by atoms with Crippen LogP contribution >= 0.6 is 0 Å². The van der Waals surface area contributed by atoms with Gasteiger partial charge in [0.25, 0.3) is 0 Å². The predicted octanol–water partition coefficient (Wildman–Crippen LogP) is 1.39. The first-order chi connectivity index (χ1) is 9.52. The maximum atomic E-state index is 12.3. The topological polar surface area (TPSA) is 86.7 Å². The lowest BCUT2D eigenvalue weighted by atomic mass is 9.80. The average molecular weight is 282 g/mol. The highest BCUT2D eigenvalue weighted by atomic mass is 16.4. The molecule has 1 heterocycles. The SMILES string of the molecule is CCC[C@H]1CC(=O)CC[C@@H]1N1CC[C@H](NC(=O)O)C1=O. The third kappa shape index (κ3) is 3.11. The van der Waals surface area contributed by atoms with Gasteiger partial charge in [0.05, 0.1) is 0 Å². The number of carbonyl (C=O) groups is 3. The number of hydrogen-bond donors (Lipinski definition) is 2. The second-order valence-electron chi connectivity index (χ2n) is 5.72. The Kier molecular flexibility index (Phi) is 4.62. The first kappa shape index (κ1) is 14.8. The molecule has 1 saturated heterocycles. The molecule has 0 radical (unpaired) electrons. The summed E-state index contributed by atoms with van der Waals surface area (Å²) in [5.74, 6) is 0.383. The van der Waals surface area contributed by atoms with E-state index < -0.39 is 12.1 Å². The van der Waals surface area contributed by atoms with Crippen LogP contribution in [-0.4, -0.2) is 46.4 Å². The molecule has 6 nitrogen and oxygen atoms in total. The molecule has 0 unspecified atom stereocenters. The Balaban J connectivity index is 2.04. The smallest absolute Gasteiger partial charge is 0.405 e. The van der Waals surface area contributed by atoms with Gasteiger partial charge in [-0.2, -0.15) is 0 Å². The summed E-state index contributed by atoms with van der Waals surface area (Å²) in [7, 11) is 0. The molecule has 2 rings (SSSR count). The van der Waals surface area contributed by atoms with Crippen molar-refractivity contribution in [3.8, 4) is 0 Å². The molecule has 0 bridgehead atoms. The molecule has 0 aromatic heterocycles. The number of hydrogen-bond acceptors (Lipinski definition) is 3. The molecule has 1 aliphatic carbocycles. The Morgan fingerprint density at radius 3 is 2.80 bits per heavy atom. The largest absolute Gasteiger partial charge is 0.465 e. The van der Waals surface area contributed by atoms with Crippen LogP contribution in [0.15, 0.2) is 0 Å². The standard InChI is InChI=1S/C14H22N2O4/c1-2-3-9-8-10(17)4-5-12(9)16-7-6-11(13(16)18)15-14(19)20/h9,11-12,15H,2-8H2,1H3,(H,19,20)/t9-,11-,12-/m0/s1. The van der Waals surface area contributed by atoms with Crippen LogP contribution in [0.5, 0.6) is 0 Å². The number of amides is 2. The van der Waals surface area contributed by atoms with Crippen LogP contribution in [0.1, 0.15) is 45.4 Å². The van der Waals surface area contributed by atoms with Crippen molar-refractivity contribution in [3.63, 3.8) is 0 Å². The fourth-order valence-electron chi connectivity index (χ4n) is 3.46. The Morgan fingerprint density at radius 2 is 2.15 bits per heavy atom. The molecule has 3 atom stereocenters. The van der Waals surface area contributed by atoms with Crippen LogP contribution in [0.4, 0.5) is 4.79 Å². The van der Waals surface area contributed by atoms with E-state index in [9.17, 15) is 14.4 Å². The molecule has 0 aromatic carbocycles. The highest BCUT2D eigenvalue weighted by Gasteiger charge is 2.41. The van der Waals surface area contributed by atoms with E-state index in [1.165, 1.54) is 0 Å². The Morgan fingerprint density at radius 1 is 1.40 bits per heavy atom. The summed E-state index contributed by atoms with van der Waals surface area (Å²) in [6.07, 6.45) is 3.10. The van der Waals surface area contributed by atoms with E-state index in [0.29, 0.717) is 25.8 Å². The van der Waals surface area contributed by atoms with Gasteiger partial charge in [0, 0.05) is 25.4 Å². The molecule has 6 heteroatoms. The van der Waals surface area contributed by atoms with Gasteiger partial charge < -0.3 is 15.3 Å². The van der Waals surface area contributed by atoms with Crippen molar-refractivity contribution >= 4 is 17.8 Å². The average Bonchev–Trinajstić information content (AvgIpc) is 2.71. The molecular formula is C14H22N2O4. The number of nitrogens with one attached hydrogen (secondary N) is 1. The zero-order chi connectivity index (χ0) is 14.7. The third-order valence-electron chi connectivity index (χ3n) is 4.35. The van der Waals surface area contributed by atoms with E-state index >= 15 is 0 Å². The van der Waals surface area contributed by atoms with Crippen molar-refractivity contribution in [2.45, 2.75) is 57.5 Å². The highest BCUT2D eigenvalue weighted by Crippen LogP contribution is 2.32. The number of Topliss-reactive ketones (excluding diaryl/α,β-unsaturated/α-hetero) is 1. The van der Waals surface area contributed by atoms with Crippen molar-refractivity contribution in [2.75, 3.05) is 6.54 Å². The first-order valence-electron chi connectivity index (χ1n) is 7.34. The highest BCUT2D eigenvalue weighted by molar-refractivity contribution is 5.88. The molecule has 2 N–H and O–H groups in total. The van der Waals surface area contributed by atoms with Crippen molar-refractivity contribution in [2.24, 2.45) is 5.92 Å². The zero-order valence-corrected chi connectivity index (χ0v) is 11.8. The molecule has 2 aliphatic rings. The maximum Gasteiger partial charge on any atom is 0.405 e. The summed E-state index contributed by atoms with van der Waals surface area (Å²) in [4.78, 5) is 36.4. The second-order valence-corrected chi connectivity index (χ2v) is 5.72. The van der Waals surface area contributed by atoms with Gasteiger partial charge in [-0.15, -0.1) is 0 Å². The van der Waals surface area contributed by atoms with Crippen molar-refractivity contribution < 1.29 is 19.5 Å². The Labute approximate surface area is 118 Å². The molecule has 1 aliphatic heterocycles. The second kappa shape index (κ2) is 6.24. The van der Waals surface area contributed by atoms with E-state index in [-0.39, 0.29) is 23.7 Å². The van der Waals surface area contributed by atoms with Gasteiger partial charge >= 0.3 is 6.09 Å². The summed E-state index contributed by atoms with van der Waals surface area (Å²) < 4.78 is 0. The Bertz CT molecular complexity index is 410. The van der Waals surface area contributed by atoms with Crippen LogP contribution in [0, 0.1) is 5.92 Å². The molecule has 0 aromatic rings. The first-order valence-corrected chi connectivity index (χ1v) is 7.34. The number of carboxylic acid groups (broad SMARTS) is 1. The van der Waals surface area contributed by atoms with Crippen molar-refractivity contribution in [1.82, 2.24) is 10.2 Å². The minimum atomic E-state index is -1.16. The minimum absolute atomic E-state index is 0.0979. The summed E-state index contributed by atoms with van der Waals surface area (Å²) in [6, 6.07) is -0.520. The van der Waals surface area contributed by atoms with Gasteiger partial charge in [-0.25, -0.2) is 4.79 Å². The molecule has 2 amide bonds. The summed E-state index contributed by atoms with van der Waals surface area (Å²) in [5.41, 5.74) is 0. The monoisotopic (exact) mass is 282 g/mol. The predicted molar refractivity (Wildman–Crippen MR) is 72.3 cm³/mol. The fourth-order valence-corrected chi connectivity index (χ4v) is 3.46. The lowest BCUT2D eigenvalue weighted by Gasteiger charge is -2.37. The van der Waals surface area contributed by atoms with Crippen LogP contribution in [-0.2, 0) is 9.59 Å². The number of ketones is 1. The number of likely N-dealkylation sites (tertiary alicyclic amines) is 1. The van der Waals surface area contributed by atoms with Crippen LogP contribution in [0.3, 0.4) is 0 Å². The third-order valence-corrected chi connectivity index (χ3v) is 4.35. The van der Waals surface area contributed by atoms with E-state index in [1.807, 2.05) is 0 Å². The van der Waals surface area contributed by atoms with Gasteiger partial charge in [-0.1, -0.05) is 13.3 Å². The summed E-state index contributed by atoms with van der Waals surface area (Å²) in [6.45, 7) is 2.67. The molecule has 2 fully saturated rings. The fraction of sp³-hybridized carbons (Fsp3) is 0.786. The maximum absolute atomic E-state index is 12.3. The minimum Gasteiger partial charge on any atom is -0.465 e. The van der Waals surface area contributed by atoms with E-state index in [0.717, 1.165) is 19.3 Å². The Hall–Kier alpha value is -1.59. The van der Waals surface area contributed by atoms with Gasteiger partial charge in [-0.3, -0.25) is 9.59 Å². The number of nitrogens with zero attached hydrogens (tertiary/aromatic N) is 1. The molecular weight excluding hydrogens is 260 g/mol. The number of rotatable bonds is 4. The normalized spacial score (nSPS) is 30.6. The van der Waals surface area contributed by atoms with E-state index in [2.05, 4.69) is 12.2 Å². The van der Waals surface area contributed by atoms with E-state index in [4.69, 9.17) is 5.11 Å². The van der Waals surface area contributed by atoms with E-state index in [1.54, 1.807) is 4.90 Å². The lowest BCUT2D eigenvalue weighted by Crippen LogP contribution is -2.48. The number of carbonyl (C=O) groups excluding carboxylic acids is 2. The lowest BCUT2D eigenvalue weighted by molar-refractivity contribution is -0.135. The molecule has 1 saturated carbocycles. The van der Waals surface area contributed by atoms with Crippen LogP contribution in [0.2, 0.25) is 0 Å². The van der Waals surface area contributed by atoms with Crippen LogP contribution < -0.4 is 5.32 Å². The summed E-state index contributed by atoms with van der Waals surface area (Å²) in [5, 5.41) is 11.0. The van der Waals surface area contributed by atoms with Gasteiger partial charge in [0.2, 0.25) is 5.91 Å². The molecule has 0 spiro atoms. The van der Waals surface area contributed by atoms with Crippen molar-refractivity contribution in [1.29, 1.82) is 0 Å². The molecule has 20 heavy (non-hydrogen) atoms. The van der Waals surface area contributed by atoms with Gasteiger partial charge in [-0.05, 0) is 25.2 Å². The van der Waals surface area contributed by atoms with Crippen LogP contribution in [0.25, 0.3) is 0 Å². The quantitative estimate of drug-likeness (QED) is 0.816. The van der Waals surface area contributed by atoms with Gasteiger partial charge in [0.15, 0.2) is 0 Å².